The summed E-state index contributed by atoms with van der Waals surface area (Å²) in [5.74, 6) is 0.783. The largest absolute Gasteiger partial charge is 0.369 e. The second kappa shape index (κ2) is 10.5. The molecule has 2 aromatic heterocycles. The van der Waals surface area contributed by atoms with E-state index in [9.17, 15) is 4.79 Å². The number of aryl methyl sites for hydroxylation is 1. The van der Waals surface area contributed by atoms with Crippen LogP contribution in [-0.2, 0) is 24.1 Å². The first-order chi connectivity index (χ1) is 17.5. The van der Waals surface area contributed by atoms with E-state index in [1.807, 2.05) is 48.5 Å². The summed E-state index contributed by atoms with van der Waals surface area (Å²) in [6, 6.07) is 26.0. The lowest BCUT2D eigenvalue weighted by Gasteiger charge is -2.11. The van der Waals surface area contributed by atoms with Gasteiger partial charge in [-0.3, -0.25) is 4.79 Å². The number of rotatable bonds is 9. The van der Waals surface area contributed by atoms with Crippen molar-refractivity contribution in [3.8, 4) is 0 Å². The van der Waals surface area contributed by atoms with Gasteiger partial charge in [-0.1, -0.05) is 66.8 Å². The fraction of sp³-hybridized carbons (Fsp3) is 0.143. The van der Waals surface area contributed by atoms with Crippen LogP contribution in [0.3, 0.4) is 0 Å². The number of benzene rings is 3. The smallest absolute Gasteiger partial charge is 0.229 e. The van der Waals surface area contributed by atoms with E-state index in [1.54, 1.807) is 11.3 Å². The van der Waals surface area contributed by atoms with Crippen molar-refractivity contribution in [3.63, 3.8) is 0 Å². The third-order valence-electron chi connectivity index (χ3n) is 5.69. The lowest BCUT2D eigenvalue weighted by molar-refractivity contribution is -0.117. The Hall–Kier alpha value is -4.30. The van der Waals surface area contributed by atoms with E-state index in [0.717, 1.165) is 44.3 Å². The van der Waals surface area contributed by atoms with Crippen LogP contribution in [0.5, 0.6) is 0 Å². The van der Waals surface area contributed by atoms with Crippen molar-refractivity contribution in [1.82, 2.24) is 15.0 Å². The Morgan fingerprint density at radius 2 is 1.64 bits per heavy atom. The summed E-state index contributed by atoms with van der Waals surface area (Å²) in [6.45, 7) is 2.15. The van der Waals surface area contributed by atoms with Crippen molar-refractivity contribution in [3.05, 3.63) is 101 Å². The molecule has 8 heteroatoms. The molecule has 5 aromatic rings. The first-order valence-electron chi connectivity index (χ1n) is 11.8. The van der Waals surface area contributed by atoms with Crippen LogP contribution in [0.4, 0.5) is 22.6 Å². The number of amides is 1. The van der Waals surface area contributed by atoms with Crippen molar-refractivity contribution in [1.29, 1.82) is 0 Å². The molecule has 0 spiro atoms. The van der Waals surface area contributed by atoms with Gasteiger partial charge < -0.3 is 16.4 Å². The van der Waals surface area contributed by atoms with E-state index in [-0.39, 0.29) is 12.3 Å². The van der Waals surface area contributed by atoms with E-state index >= 15 is 0 Å². The molecule has 0 saturated carbocycles. The first kappa shape index (κ1) is 23.4. The van der Waals surface area contributed by atoms with Crippen LogP contribution in [0.15, 0.2) is 78.9 Å². The highest BCUT2D eigenvalue weighted by molar-refractivity contribution is 7.22. The Morgan fingerprint density at radius 3 is 2.39 bits per heavy atom. The molecular formula is C28H26N6OS. The second-order valence-electron chi connectivity index (χ2n) is 8.50. The maximum Gasteiger partial charge on any atom is 0.229 e. The number of carbonyl (C=O) groups is 1. The first-order valence-corrected chi connectivity index (χ1v) is 12.6. The molecule has 4 N–H and O–H groups in total. The predicted molar refractivity (Wildman–Crippen MR) is 146 cm³/mol. The van der Waals surface area contributed by atoms with Gasteiger partial charge in [0.1, 0.15) is 5.82 Å². The maximum absolute atomic E-state index is 11.2. The number of nitrogens with zero attached hydrogens (tertiary/aromatic N) is 3. The van der Waals surface area contributed by atoms with Crippen molar-refractivity contribution < 1.29 is 4.79 Å². The Bertz CT molecular complexity index is 1500. The quantitative estimate of drug-likeness (QED) is 0.241. The van der Waals surface area contributed by atoms with Crippen LogP contribution in [0.2, 0.25) is 0 Å². The SMILES string of the molecule is CCc1ccc2nc(Nc3cc(Cc4ccccc4)nc(Nc4ccc(CC(N)=O)cc4)n3)sc2c1. The van der Waals surface area contributed by atoms with Gasteiger partial charge in [0.15, 0.2) is 5.13 Å². The monoisotopic (exact) mass is 494 g/mol. The topological polar surface area (TPSA) is 106 Å². The van der Waals surface area contributed by atoms with Crippen molar-refractivity contribution in [2.75, 3.05) is 10.6 Å². The molecule has 36 heavy (non-hydrogen) atoms. The number of hydrogen-bond acceptors (Lipinski definition) is 7. The molecule has 5 rings (SSSR count). The molecule has 0 bridgehead atoms. The van der Waals surface area contributed by atoms with E-state index in [1.165, 1.54) is 5.56 Å². The average molecular weight is 495 g/mol. The molecule has 0 aliphatic rings. The van der Waals surface area contributed by atoms with E-state index in [4.69, 9.17) is 20.7 Å². The number of primary amides is 1. The third-order valence-corrected chi connectivity index (χ3v) is 6.63. The third kappa shape index (κ3) is 5.84. The lowest BCUT2D eigenvalue weighted by Crippen LogP contribution is -2.13. The summed E-state index contributed by atoms with van der Waals surface area (Å²) in [5, 5.41) is 7.44. The zero-order valence-corrected chi connectivity index (χ0v) is 20.7. The normalized spacial score (nSPS) is 10.9. The summed E-state index contributed by atoms with van der Waals surface area (Å²) in [7, 11) is 0. The molecule has 0 saturated heterocycles. The summed E-state index contributed by atoms with van der Waals surface area (Å²) < 4.78 is 1.14. The van der Waals surface area contributed by atoms with Crippen LogP contribution < -0.4 is 16.4 Å². The van der Waals surface area contributed by atoms with Gasteiger partial charge in [-0.15, -0.1) is 0 Å². The molecule has 7 nitrogen and oxygen atoms in total. The van der Waals surface area contributed by atoms with Gasteiger partial charge in [0, 0.05) is 18.2 Å². The van der Waals surface area contributed by atoms with Crippen LogP contribution >= 0.6 is 11.3 Å². The molecule has 0 aliphatic carbocycles. The van der Waals surface area contributed by atoms with Gasteiger partial charge in [0.25, 0.3) is 0 Å². The lowest BCUT2D eigenvalue weighted by atomic mass is 10.1. The summed E-state index contributed by atoms with van der Waals surface area (Å²) in [5.41, 5.74) is 11.3. The zero-order chi connectivity index (χ0) is 24.9. The van der Waals surface area contributed by atoms with E-state index < -0.39 is 0 Å². The summed E-state index contributed by atoms with van der Waals surface area (Å²) >= 11 is 1.61. The minimum atomic E-state index is -0.357. The Balaban J connectivity index is 1.43. The number of fused-ring (bicyclic) bond motifs is 1. The van der Waals surface area contributed by atoms with Gasteiger partial charge in [-0.2, -0.15) is 4.98 Å². The number of anilines is 4. The zero-order valence-electron chi connectivity index (χ0n) is 19.9. The van der Waals surface area contributed by atoms with Gasteiger partial charge >= 0.3 is 0 Å². The molecule has 180 valence electrons. The van der Waals surface area contributed by atoms with Crippen LogP contribution in [-0.4, -0.2) is 20.9 Å². The Kier molecular flexibility index (Phi) is 6.86. The summed E-state index contributed by atoms with van der Waals surface area (Å²) in [4.78, 5) is 25.4. The fourth-order valence-electron chi connectivity index (χ4n) is 3.90. The fourth-order valence-corrected chi connectivity index (χ4v) is 4.84. The molecule has 0 radical (unpaired) electrons. The molecule has 0 unspecified atom stereocenters. The molecule has 0 fully saturated rings. The number of aromatic nitrogens is 3. The molecule has 0 atom stereocenters. The second-order valence-corrected chi connectivity index (χ2v) is 9.53. The number of hydrogen-bond donors (Lipinski definition) is 3. The van der Waals surface area contributed by atoms with Crippen LogP contribution in [0, 0.1) is 0 Å². The number of thiazole rings is 1. The standard InChI is InChI=1S/C28H26N6OS/c1-2-18-10-13-23-24(15-18)36-28(32-23)34-26-17-22(14-19-6-4-3-5-7-19)31-27(33-26)30-21-11-8-20(9-12-21)16-25(29)35/h3-13,15,17H,2,14,16H2,1H3,(H2,29,35)(H2,30,31,32,33,34). The number of carbonyl (C=O) groups excluding carboxylic acids is 1. The van der Waals surface area contributed by atoms with Crippen molar-refractivity contribution >= 4 is 50.0 Å². The van der Waals surface area contributed by atoms with Crippen molar-refractivity contribution in [2.45, 2.75) is 26.2 Å². The predicted octanol–water partition coefficient (Wildman–Crippen LogP) is 5.75. The molecular weight excluding hydrogens is 468 g/mol. The van der Waals surface area contributed by atoms with Crippen LogP contribution in [0.1, 0.15) is 29.3 Å². The molecule has 1 amide bonds. The van der Waals surface area contributed by atoms with Crippen molar-refractivity contribution in [2.24, 2.45) is 5.73 Å². The number of nitrogens with one attached hydrogen (secondary N) is 2. The Morgan fingerprint density at radius 1 is 0.861 bits per heavy atom. The molecule has 2 heterocycles. The van der Waals surface area contributed by atoms with Gasteiger partial charge in [-0.25, -0.2) is 9.97 Å². The van der Waals surface area contributed by atoms with E-state index in [2.05, 4.69) is 47.9 Å². The minimum absolute atomic E-state index is 0.208. The maximum atomic E-state index is 11.2. The number of nitrogens with two attached hydrogens (primary N) is 1. The highest BCUT2D eigenvalue weighted by Gasteiger charge is 2.10. The van der Waals surface area contributed by atoms with Gasteiger partial charge in [-0.05, 0) is 47.4 Å². The highest BCUT2D eigenvalue weighted by atomic mass is 32.1. The van der Waals surface area contributed by atoms with Gasteiger partial charge in [0.05, 0.1) is 22.3 Å². The molecule has 0 aliphatic heterocycles. The van der Waals surface area contributed by atoms with Crippen LogP contribution in [0.25, 0.3) is 10.2 Å². The molecule has 3 aromatic carbocycles. The van der Waals surface area contributed by atoms with E-state index in [0.29, 0.717) is 18.2 Å². The van der Waals surface area contributed by atoms with Gasteiger partial charge in [0.2, 0.25) is 11.9 Å². The average Bonchev–Trinajstić information content (AvgIpc) is 3.26. The highest BCUT2D eigenvalue weighted by Crippen LogP contribution is 2.29. The summed E-state index contributed by atoms with van der Waals surface area (Å²) in [6.07, 6.45) is 1.87. The minimum Gasteiger partial charge on any atom is -0.369 e. The Labute approximate surface area is 213 Å².